The molecule has 2 aliphatic heterocycles. The van der Waals surface area contributed by atoms with Gasteiger partial charge in [-0.05, 0) is 42.9 Å². The molecule has 1 N–H and O–H groups in total. The highest BCUT2D eigenvalue weighted by molar-refractivity contribution is 5.94. The molecule has 3 aliphatic rings. The van der Waals surface area contributed by atoms with E-state index in [1.54, 1.807) is 0 Å². The molecular weight excluding hydrogens is 342 g/mol. The summed E-state index contributed by atoms with van der Waals surface area (Å²) in [6.45, 7) is 2.75. The van der Waals surface area contributed by atoms with Gasteiger partial charge in [-0.1, -0.05) is 18.6 Å². The van der Waals surface area contributed by atoms with E-state index in [4.69, 9.17) is 0 Å². The van der Waals surface area contributed by atoms with Crippen molar-refractivity contribution < 1.29 is 14.4 Å². The molecule has 144 valence electrons. The van der Waals surface area contributed by atoms with E-state index in [2.05, 4.69) is 5.32 Å². The summed E-state index contributed by atoms with van der Waals surface area (Å²) in [5.74, 6) is 0.681. The molecule has 4 rings (SSSR count). The molecule has 2 fully saturated rings. The molecule has 1 aromatic carbocycles. The zero-order valence-electron chi connectivity index (χ0n) is 15.7. The van der Waals surface area contributed by atoms with E-state index in [1.165, 1.54) is 6.42 Å². The first-order valence-corrected chi connectivity index (χ1v) is 10.1. The predicted molar refractivity (Wildman–Crippen MR) is 102 cm³/mol. The van der Waals surface area contributed by atoms with E-state index in [1.807, 2.05) is 28.0 Å². The maximum Gasteiger partial charge on any atom is 0.227 e. The minimum absolute atomic E-state index is 0.0527. The highest BCUT2D eigenvalue weighted by Gasteiger charge is 2.31. The van der Waals surface area contributed by atoms with E-state index in [9.17, 15) is 14.4 Å². The van der Waals surface area contributed by atoms with E-state index < -0.39 is 0 Å². The normalized spacial score (nSPS) is 20.4. The van der Waals surface area contributed by atoms with Crippen LogP contribution in [0.3, 0.4) is 0 Å². The molecule has 6 nitrogen and oxygen atoms in total. The van der Waals surface area contributed by atoms with Crippen molar-refractivity contribution in [3.05, 3.63) is 29.3 Å². The Balaban J connectivity index is 1.34. The second kappa shape index (κ2) is 7.71. The molecule has 0 aromatic heterocycles. The van der Waals surface area contributed by atoms with Crippen LogP contribution in [0, 0.1) is 5.92 Å². The summed E-state index contributed by atoms with van der Waals surface area (Å²) in [6.07, 6.45) is 5.66. The zero-order chi connectivity index (χ0) is 18.8. The highest BCUT2D eigenvalue weighted by Crippen LogP contribution is 2.28. The van der Waals surface area contributed by atoms with Gasteiger partial charge in [0.15, 0.2) is 0 Å². The summed E-state index contributed by atoms with van der Waals surface area (Å²) >= 11 is 0. The van der Waals surface area contributed by atoms with Crippen molar-refractivity contribution in [3.63, 3.8) is 0 Å². The second-order valence-electron chi connectivity index (χ2n) is 7.90. The molecule has 0 atom stereocenters. The first kappa shape index (κ1) is 18.0. The number of amides is 3. The molecule has 0 radical (unpaired) electrons. The van der Waals surface area contributed by atoms with Crippen molar-refractivity contribution in [2.45, 2.75) is 44.9 Å². The van der Waals surface area contributed by atoms with Gasteiger partial charge in [0.25, 0.3) is 0 Å². The number of benzene rings is 1. The van der Waals surface area contributed by atoms with Crippen LogP contribution in [0.1, 0.15) is 43.2 Å². The Morgan fingerprint density at radius 2 is 1.78 bits per heavy atom. The quantitative estimate of drug-likeness (QED) is 0.886. The number of carbonyl (C=O) groups excluding carboxylic acids is 3. The number of hydrogen-bond donors (Lipinski definition) is 1. The standard InChI is InChI=1S/C21H27N3O3/c25-19-8-6-17-13-15(5-7-18(17)22-19)14-20(26)23-9-2-10-24(12-11-23)21(27)16-3-1-4-16/h5,7,13,16H,1-4,6,8-12,14H2,(H,22,25). The number of hydrogen-bond acceptors (Lipinski definition) is 3. The minimum Gasteiger partial charge on any atom is -0.341 e. The average Bonchev–Trinajstić information content (AvgIpc) is 2.86. The molecule has 1 saturated carbocycles. The smallest absolute Gasteiger partial charge is 0.227 e. The summed E-state index contributed by atoms with van der Waals surface area (Å²) in [5, 5.41) is 2.87. The van der Waals surface area contributed by atoms with E-state index in [0.717, 1.165) is 49.0 Å². The van der Waals surface area contributed by atoms with Crippen LogP contribution in [-0.2, 0) is 27.2 Å². The first-order chi connectivity index (χ1) is 13.1. The highest BCUT2D eigenvalue weighted by atomic mass is 16.2. The van der Waals surface area contributed by atoms with Gasteiger partial charge in [-0.25, -0.2) is 0 Å². The van der Waals surface area contributed by atoms with Gasteiger partial charge in [-0.3, -0.25) is 14.4 Å². The molecular formula is C21H27N3O3. The van der Waals surface area contributed by atoms with E-state index in [0.29, 0.717) is 32.5 Å². The first-order valence-electron chi connectivity index (χ1n) is 10.1. The number of nitrogens with one attached hydrogen (secondary N) is 1. The van der Waals surface area contributed by atoms with Gasteiger partial charge in [-0.15, -0.1) is 0 Å². The fraction of sp³-hybridized carbons (Fsp3) is 0.571. The monoisotopic (exact) mass is 369 g/mol. The van der Waals surface area contributed by atoms with Crippen molar-refractivity contribution in [1.82, 2.24) is 9.80 Å². The third kappa shape index (κ3) is 3.99. The van der Waals surface area contributed by atoms with Crippen molar-refractivity contribution in [2.75, 3.05) is 31.5 Å². The summed E-state index contributed by atoms with van der Waals surface area (Å²) in [7, 11) is 0. The van der Waals surface area contributed by atoms with Crippen molar-refractivity contribution >= 4 is 23.4 Å². The van der Waals surface area contributed by atoms with Crippen molar-refractivity contribution in [1.29, 1.82) is 0 Å². The summed E-state index contributed by atoms with van der Waals surface area (Å²) in [6, 6.07) is 5.86. The van der Waals surface area contributed by atoms with Crippen molar-refractivity contribution in [3.8, 4) is 0 Å². The van der Waals surface area contributed by atoms with Gasteiger partial charge in [0.2, 0.25) is 17.7 Å². The largest absolute Gasteiger partial charge is 0.341 e. The lowest BCUT2D eigenvalue weighted by Gasteiger charge is -2.31. The van der Waals surface area contributed by atoms with Crippen LogP contribution in [0.4, 0.5) is 5.69 Å². The summed E-state index contributed by atoms with van der Waals surface area (Å²) in [5.41, 5.74) is 2.96. The van der Waals surface area contributed by atoms with Gasteiger partial charge in [0.05, 0.1) is 6.42 Å². The Labute approximate surface area is 159 Å². The molecule has 0 spiro atoms. The number of fused-ring (bicyclic) bond motifs is 1. The van der Waals surface area contributed by atoms with E-state index >= 15 is 0 Å². The Morgan fingerprint density at radius 1 is 1.00 bits per heavy atom. The van der Waals surface area contributed by atoms with Gasteiger partial charge < -0.3 is 15.1 Å². The van der Waals surface area contributed by atoms with Crippen molar-refractivity contribution in [2.24, 2.45) is 5.92 Å². The molecule has 1 aliphatic carbocycles. The van der Waals surface area contributed by atoms with Crippen LogP contribution in [0.25, 0.3) is 0 Å². The molecule has 1 aromatic rings. The topological polar surface area (TPSA) is 69.7 Å². The fourth-order valence-corrected chi connectivity index (χ4v) is 4.13. The second-order valence-corrected chi connectivity index (χ2v) is 7.90. The fourth-order valence-electron chi connectivity index (χ4n) is 4.13. The molecule has 1 saturated heterocycles. The molecule has 6 heteroatoms. The summed E-state index contributed by atoms with van der Waals surface area (Å²) < 4.78 is 0. The third-order valence-corrected chi connectivity index (χ3v) is 6.04. The zero-order valence-corrected chi connectivity index (χ0v) is 15.7. The lowest BCUT2D eigenvalue weighted by atomic mass is 9.84. The van der Waals surface area contributed by atoms with Crippen LogP contribution in [-0.4, -0.2) is 53.7 Å². The van der Waals surface area contributed by atoms with Crippen LogP contribution >= 0.6 is 0 Å². The van der Waals surface area contributed by atoms with Crippen LogP contribution in [0.5, 0.6) is 0 Å². The number of carbonyl (C=O) groups is 3. The Bertz CT molecular complexity index is 757. The molecule has 0 bridgehead atoms. The van der Waals surface area contributed by atoms with Gasteiger partial charge >= 0.3 is 0 Å². The predicted octanol–water partition coefficient (Wildman–Crippen LogP) is 1.97. The maximum atomic E-state index is 12.8. The Hall–Kier alpha value is -2.37. The van der Waals surface area contributed by atoms with E-state index in [-0.39, 0.29) is 23.6 Å². The Kier molecular flexibility index (Phi) is 5.14. The van der Waals surface area contributed by atoms with Gasteiger partial charge in [-0.2, -0.15) is 0 Å². The maximum absolute atomic E-state index is 12.8. The SMILES string of the molecule is O=C1CCc2cc(CC(=O)N3CCCN(C(=O)C4CCC4)CC3)ccc2N1. The molecule has 2 heterocycles. The van der Waals surface area contributed by atoms with Crippen LogP contribution < -0.4 is 5.32 Å². The lowest BCUT2D eigenvalue weighted by molar-refractivity contribution is -0.138. The molecule has 27 heavy (non-hydrogen) atoms. The average molecular weight is 369 g/mol. The molecule has 3 amide bonds. The van der Waals surface area contributed by atoms with Gasteiger partial charge in [0, 0.05) is 44.2 Å². The Morgan fingerprint density at radius 3 is 2.56 bits per heavy atom. The lowest BCUT2D eigenvalue weighted by Crippen LogP contribution is -2.41. The van der Waals surface area contributed by atoms with Crippen LogP contribution in [0.2, 0.25) is 0 Å². The third-order valence-electron chi connectivity index (χ3n) is 6.04. The number of nitrogens with zero attached hydrogens (tertiary/aromatic N) is 2. The van der Waals surface area contributed by atoms with Gasteiger partial charge in [0.1, 0.15) is 0 Å². The summed E-state index contributed by atoms with van der Waals surface area (Å²) in [4.78, 5) is 40.5. The number of anilines is 1. The number of rotatable bonds is 3. The minimum atomic E-state index is 0.0527. The number of aryl methyl sites for hydroxylation is 1. The molecule has 0 unspecified atom stereocenters. The van der Waals surface area contributed by atoms with Crippen LogP contribution in [0.15, 0.2) is 18.2 Å².